The maximum Gasteiger partial charge on any atom is 0.306 e. The predicted molar refractivity (Wildman–Crippen MR) is 137 cm³/mol. The molecule has 1 aromatic carbocycles. The Morgan fingerprint density at radius 3 is 2.06 bits per heavy atom. The van der Waals surface area contributed by atoms with Crippen molar-refractivity contribution in [3.63, 3.8) is 0 Å². The summed E-state index contributed by atoms with van der Waals surface area (Å²) in [4.78, 5) is 11.9. The topological polar surface area (TPSA) is 74.2 Å². The lowest BCUT2D eigenvalue weighted by Gasteiger charge is -2.42. The molecule has 1 aliphatic carbocycles. The Hall–Kier alpha value is -1.09. The average Bonchev–Trinajstić information content (AvgIpc) is 3.21. The Balaban J connectivity index is 2.59. The van der Waals surface area contributed by atoms with Gasteiger partial charge in [0.2, 0.25) is 0 Å². The van der Waals surface area contributed by atoms with Crippen LogP contribution >= 0.6 is 15.9 Å². The van der Waals surface area contributed by atoms with E-state index >= 15 is 0 Å². The number of aliphatic carboxylic acids is 1. The Labute approximate surface area is 208 Å². The maximum absolute atomic E-state index is 11.9. The van der Waals surface area contributed by atoms with Gasteiger partial charge in [0.05, 0.1) is 37.9 Å². The number of carbonyl (C=O) groups is 1. The van der Waals surface area contributed by atoms with Crippen molar-refractivity contribution in [2.45, 2.75) is 103 Å². The first-order valence-electron chi connectivity index (χ1n) is 12.0. The van der Waals surface area contributed by atoms with Gasteiger partial charge >= 0.3 is 5.97 Å². The Kier molecular flexibility index (Phi) is 10.3. The van der Waals surface area contributed by atoms with E-state index in [1.807, 2.05) is 26.0 Å². The number of rotatable bonds is 12. The number of hydrogen-bond donors (Lipinski definition) is 1. The number of halogens is 1. The molecule has 0 bridgehead atoms. The van der Waals surface area contributed by atoms with Crippen molar-refractivity contribution >= 4 is 30.2 Å². The fourth-order valence-corrected chi connectivity index (χ4v) is 5.54. The van der Waals surface area contributed by atoms with Gasteiger partial charge in [-0.15, -0.1) is 0 Å². The van der Waals surface area contributed by atoms with E-state index in [0.29, 0.717) is 24.7 Å². The molecule has 0 radical (unpaired) electrons. The number of benzene rings is 1. The van der Waals surface area contributed by atoms with Crippen LogP contribution in [0.5, 0.6) is 11.5 Å². The lowest BCUT2D eigenvalue weighted by molar-refractivity contribution is -0.145. The van der Waals surface area contributed by atoms with Crippen LogP contribution in [0.2, 0.25) is 18.1 Å². The second-order valence-corrected chi connectivity index (χ2v) is 15.7. The lowest BCUT2D eigenvalue weighted by atomic mass is 10.0. The number of hydrogen-bond acceptors (Lipinski definition) is 5. The largest absolute Gasteiger partial charge is 0.493 e. The summed E-state index contributed by atoms with van der Waals surface area (Å²) in [6.07, 6.45) is 2.92. The zero-order valence-corrected chi connectivity index (χ0v) is 23.8. The maximum atomic E-state index is 11.9. The van der Waals surface area contributed by atoms with Crippen molar-refractivity contribution in [2.75, 3.05) is 13.2 Å². The summed E-state index contributed by atoms with van der Waals surface area (Å²) in [5.74, 6) is 0.406. The van der Waals surface area contributed by atoms with Gasteiger partial charge in [0, 0.05) is 0 Å². The van der Waals surface area contributed by atoms with E-state index in [2.05, 4.69) is 49.8 Å². The molecule has 1 N–H and O–H groups in total. The first-order chi connectivity index (χ1) is 15.4. The number of carboxylic acids is 1. The van der Waals surface area contributed by atoms with Crippen molar-refractivity contribution in [1.82, 2.24) is 0 Å². The van der Waals surface area contributed by atoms with Crippen LogP contribution in [-0.4, -0.2) is 44.8 Å². The van der Waals surface area contributed by atoms with Crippen molar-refractivity contribution in [1.29, 1.82) is 0 Å². The summed E-state index contributed by atoms with van der Waals surface area (Å²) in [7, 11) is -2.27. The SMILES string of the molecule is CCOc1cc([C@@H](O[Si](C)(C)C(C)(C)C)[C@H](CC(=O)O)OC2CCCC2)cc(OCC)c1Br. The molecule has 1 fully saturated rings. The van der Waals surface area contributed by atoms with Gasteiger partial charge in [-0.1, -0.05) is 33.6 Å². The molecule has 0 unspecified atom stereocenters. The molecule has 33 heavy (non-hydrogen) atoms. The van der Waals surface area contributed by atoms with Gasteiger partial charge in [-0.3, -0.25) is 4.79 Å². The monoisotopic (exact) mass is 544 g/mol. The molecule has 0 aromatic heterocycles. The second-order valence-electron chi connectivity index (χ2n) is 10.2. The van der Waals surface area contributed by atoms with E-state index in [1.54, 1.807) is 0 Å². The Morgan fingerprint density at radius 1 is 1.12 bits per heavy atom. The highest BCUT2D eigenvalue weighted by molar-refractivity contribution is 9.10. The van der Waals surface area contributed by atoms with Gasteiger partial charge in [-0.05, 0) is 78.4 Å². The molecule has 0 amide bonds. The minimum absolute atomic E-state index is 0.0484. The van der Waals surface area contributed by atoms with E-state index in [-0.39, 0.29) is 17.6 Å². The first kappa shape index (κ1) is 28.1. The third-order valence-corrected chi connectivity index (χ3v) is 11.8. The van der Waals surface area contributed by atoms with Crippen molar-refractivity contribution in [2.24, 2.45) is 0 Å². The smallest absolute Gasteiger partial charge is 0.306 e. The molecule has 188 valence electrons. The minimum Gasteiger partial charge on any atom is -0.493 e. The van der Waals surface area contributed by atoms with Gasteiger partial charge in [0.15, 0.2) is 8.32 Å². The second kappa shape index (κ2) is 12.0. The fraction of sp³-hybridized carbons (Fsp3) is 0.720. The standard InChI is InChI=1S/C25H41BrO6Si/c1-8-29-19-14-17(15-20(23(19)26)30-9-2)24(32-33(6,7)25(3,4)5)21(16-22(27)28)31-18-12-10-11-13-18/h14-15,18,21,24H,8-13,16H2,1-7H3,(H,27,28)/t21-,24+/m0/s1. The van der Waals surface area contributed by atoms with Gasteiger partial charge in [0.25, 0.3) is 0 Å². The molecule has 0 aliphatic heterocycles. The molecule has 8 heteroatoms. The summed E-state index contributed by atoms with van der Waals surface area (Å²) in [6, 6.07) is 3.86. The van der Waals surface area contributed by atoms with Crippen LogP contribution in [0.15, 0.2) is 16.6 Å². The Morgan fingerprint density at radius 2 is 1.64 bits per heavy atom. The molecule has 1 saturated carbocycles. The highest BCUT2D eigenvalue weighted by Gasteiger charge is 2.43. The normalized spacial score (nSPS) is 17.1. The van der Waals surface area contributed by atoms with E-state index in [1.165, 1.54) is 0 Å². The van der Waals surface area contributed by atoms with Crippen molar-refractivity contribution in [3.8, 4) is 11.5 Å². The third kappa shape index (κ3) is 7.70. The van der Waals surface area contributed by atoms with Crippen LogP contribution in [0.25, 0.3) is 0 Å². The van der Waals surface area contributed by atoms with Crippen molar-refractivity contribution in [3.05, 3.63) is 22.2 Å². The number of carboxylic acid groups (broad SMARTS) is 1. The van der Waals surface area contributed by atoms with Crippen LogP contribution in [-0.2, 0) is 14.0 Å². The highest BCUT2D eigenvalue weighted by Crippen LogP contribution is 2.45. The molecule has 6 nitrogen and oxygen atoms in total. The molecular weight excluding hydrogens is 504 g/mol. The van der Waals surface area contributed by atoms with Gasteiger partial charge in [0.1, 0.15) is 16.0 Å². The summed E-state index contributed by atoms with van der Waals surface area (Å²) in [5.41, 5.74) is 0.819. The van der Waals surface area contributed by atoms with E-state index in [9.17, 15) is 9.90 Å². The van der Waals surface area contributed by atoms with Gasteiger partial charge in [-0.2, -0.15) is 0 Å². The van der Waals surface area contributed by atoms with Crippen LogP contribution in [0, 0.1) is 0 Å². The molecule has 0 heterocycles. The summed E-state index contributed by atoms with van der Waals surface area (Å²) < 4.78 is 25.8. The van der Waals surface area contributed by atoms with E-state index < -0.39 is 26.5 Å². The summed E-state index contributed by atoms with van der Waals surface area (Å²) in [5, 5.41) is 9.70. The van der Waals surface area contributed by atoms with Crippen LogP contribution in [0.3, 0.4) is 0 Å². The molecule has 2 atom stereocenters. The van der Waals surface area contributed by atoms with Crippen molar-refractivity contribution < 1.29 is 28.5 Å². The van der Waals surface area contributed by atoms with Crippen LogP contribution in [0.4, 0.5) is 0 Å². The molecule has 0 saturated heterocycles. The highest BCUT2D eigenvalue weighted by atomic mass is 79.9. The van der Waals surface area contributed by atoms with Crippen LogP contribution < -0.4 is 9.47 Å². The Bertz CT molecular complexity index is 759. The fourth-order valence-electron chi connectivity index (χ4n) is 3.80. The molecule has 1 aliphatic rings. The summed E-state index contributed by atoms with van der Waals surface area (Å²) >= 11 is 3.60. The van der Waals surface area contributed by atoms with Gasteiger partial charge in [-0.25, -0.2) is 0 Å². The molecule has 2 rings (SSSR count). The van der Waals surface area contributed by atoms with E-state index in [0.717, 1.165) is 35.7 Å². The molecule has 1 aromatic rings. The number of ether oxygens (including phenoxy) is 3. The zero-order valence-electron chi connectivity index (χ0n) is 21.2. The molecular formula is C25H41BrO6Si. The zero-order chi connectivity index (χ0) is 24.8. The molecule has 0 spiro atoms. The average molecular weight is 546 g/mol. The van der Waals surface area contributed by atoms with E-state index in [4.69, 9.17) is 18.6 Å². The minimum atomic E-state index is -2.27. The predicted octanol–water partition coefficient (Wildman–Crippen LogP) is 7.11. The van der Waals surface area contributed by atoms with Crippen LogP contribution in [0.1, 0.15) is 78.4 Å². The third-order valence-electron chi connectivity index (χ3n) is 6.57. The first-order valence-corrected chi connectivity index (χ1v) is 15.7. The van der Waals surface area contributed by atoms with Gasteiger partial charge < -0.3 is 23.7 Å². The quantitative estimate of drug-likeness (QED) is 0.282. The lowest BCUT2D eigenvalue weighted by Crippen LogP contribution is -2.45. The summed E-state index contributed by atoms with van der Waals surface area (Å²) in [6.45, 7) is 15.8.